The number of esters is 1. The molecule has 1 unspecified atom stereocenters. The van der Waals surface area contributed by atoms with E-state index in [0.29, 0.717) is 5.56 Å². The number of fused-ring (bicyclic) bond motifs is 1. The maximum atomic E-state index is 13.6. The lowest BCUT2D eigenvalue weighted by molar-refractivity contribution is -0.150. The van der Waals surface area contributed by atoms with Crippen molar-refractivity contribution in [2.75, 3.05) is 6.61 Å². The molecule has 0 heterocycles. The molecule has 1 amide bonds. The van der Waals surface area contributed by atoms with Crippen LogP contribution in [0.25, 0.3) is 0 Å². The Morgan fingerprint density at radius 1 is 1.11 bits per heavy atom. The first-order valence-electron chi connectivity index (χ1n) is 9.69. The van der Waals surface area contributed by atoms with Crippen LogP contribution in [0.1, 0.15) is 53.4 Å². The first-order chi connectivity index (χ1) is 13.4. The van der Waals surface area contributed by atoms with E-state index in [1.54, 1.807) is 19.1 Å². The minimum atomic E-state index is -1.21. The number of amides is 1. The van der Waals surface area contributed by atoms with Gasteiger partial charge in [0.15, 0.2) is 0 Å². The van der Waals surface area contributed by atoms with E-state index in [9.17, 15) is 14.0 Å². The van der Waals surface area contributed by atoms with E-state index >= 15 is 0 Å². The van der Waals surface area contributed by atoms with Gasteiger partial charge in [-0.15, -0.1) is 0 Å². The quantitative estimate of drug-likeness (QED) is 0.799. The largest absolute Gasteiger partial charge is 0.464 e. The maximum Gasteiger partial charge on any atom is 0.332 e. The fourth-order valence-electron chi connectivity index (χ4n) is 3.48. The van der Waals surface area contributed by atoms with Gasteiger partial charge in [0.25, 0.3) is 5.91 Å². The van der Waals surface area contributed by atoms with Crippen molar-refractivity contribution < 1.29 is 18.7 Å². The predicted octanol–water partition coefficient (Wildman–Crippen LogP) is 4.30. The molecule has 150 valence electrons. The van der Waals surface area contributed by atoms with Crippen molar-refractivity contribution in [3.8, 4) is 0 Å². The Morgan fingerprint density at radius 2 is 1.79 bits per heavy atom. The second kappa shape index (κ2) is 9.00. The highest BCUT2D eigenvalue weighted by molar-refractivity contribution is 6.00. The Hall–Kier alpha value is -2.69. The molecule has 0 saturated carbocycles. The predicted molar refractivity (Wildman–Crippen MR) is 108 cm³/mol. The first-order valence-corrected chi connectivity index (χ1v) is 9.69. The number of hydrogen-bond donors (Lipinski definition) is 1. The van der Waals surface area contributed by atoms with Gasteiger partial charge in [0.1, 0.15) is 11.4 Å². The van der Waals surface area contributed by atoms with E-state index in [0.717, 1.165) is 22.3 Å². The number of rotatable bonds is 4. The van der Waals surface area contributed by atoms with Crippen LogP contribution in [0, 0.1) is 19.7 Å². The number of nitrogens with one attached hydrogen (secondary N) is 1. The molecule has 1 aliphatic rings. The highest BCUT2D eigenvalue weighted by Gasteiger charge is 2.46. The third kappa shape index (κ3) is 4.24. The molecular weight excluding hydrogens is 357 g/mol. The molecule has 0 fully saturated rings. The summed E-state index contributed by atoms with van der Waals surface area (Å²) < 4.78 is 18.8. The Morgan fingerprint density at radius 3 is 2.46 bits per heavy atom. The van der Waals surface area contributed by atoms with Crippen LogP contribution in [0.15, 0.2) is 36.4 Å². The molecule has 5 heteroatoms. The van der Waals surface area contributed by atoms with Gasteiger partial charge in [0, 0.05) is 18.4 Å². The average Bonchev–Trinajstić information content (AvgIpc) is 3.04. The normalized spacial score (nSPS) is 17.2. The second-order valence-electron chi connectivity index (χ2n) is 6.77. The van der Waals surface area contributed by atoms with Crippen LogP contribution >= 0.6 is 0 Å². The molecule has 0 bridgehead atoms. The Labute approximate surface area is 166 Å². The highest BCUT2D eigenvalue weighted by atomic mass is 19.1. The summed E-state index contributed by atoms with van der Waals surface area (Å²) in [7, 11) is 0. The number of ether oxygens (including phenoxy) is 1. The van der Waals surface area contributed by atoms with Crippen LogP contribution in [0.3, 0.4) is 0 Å². The number of benzene rings is 2. The van der Waals surface area contributed by atoms with Crippen LogP contribution in [0.2, 0.25) is 0 Å². The molecule has 0 aromatic heterocycles. The fraction of sp³-hybridized carbons (Fsp3) is 0.391. The number of carbonyl (C=O) groups is 2. The van der Waals surface area contributed by atoms with Crippen LogP contribution in [-0.2, 0) is 22.4 Å². The Bertz CT molecular complexity index is 878. The summed E-state index contributed by atoms with van der Waals surface area (Å²) in [6, 6.07) is 9.93. The van der Waals surface area contributed by atoms with Crippen molar-refractivity contribution in [2.45, 2.75) is 53.0 Å². The zero-order valence-corrected chi connectivity index (χ0v) is 17.2. The van der Waals surface area contributed by atoms with Crippen molar-refractivity contribution in [1.82, 2.24) is 5.32 Å². The molecule has 1 aliphatic carbocycles. The summed E-state index contributed by atoms with van der Waals surface area (Å²) in [6.07, 6.45) is 0.508. The van der Waals surface area contributed by atoms with Gasteiger partial charge in [-0.2, -0.15) is 0 Å². The van der Waals surface area contributed by atoms with Crippen LogP contribution in [-0.4, -0.2) is 24.0 Å². The van der Waals surface area contributed by atoms with Gasteiger partial charge in [-0.3, -0.25) is 4.79 Å². The molecular formula is C23H28FNO3. The summed E-state index contributed by atoms with van der Waals surface area (Å²) in [5, 5.41) is 2.89. The molecule has 3 rings (SSSR count). The smallest absolute Gasteiger partial charge is 0.332 e. The molecule has 1 atom stereocenters. The third-order valence-corrected chi connectivity index (χ3v) is 5.02. The van der Waals surface area contributed by atoms with E-state index in [-0.39, 0.29) is 31.2 Å². The summed E-state index contributed by atoms with van der Waals surface area (Å²) >= 11 is 0. The standard InChI is InChI=1S/C21H22FNO3.C2H6/c1-4-26-20(25)21(11-15-8-9-17(22)10-16(15)12-21)23-19(24)18-7-5-6-13(2)14(18)3;1-2/h5-10H,4,11-12H2,1-3H3,(H,23,24);1-2H3. The lowest BCUT2D eigenvalue weighted by Gasteiger charge is -2.28. The third-order valence-electron chi connectivity index (χ3n) is 5.02. The molecule has 1 N–H and O–H groups in total. The average molecular weight is 385 g/mol. The topological polar surface area (TPSA) is 55.4 Å². The molecule has 2 aromatic carbocycles. The molecule has 2 aromatic rings. The minimum absolute atomic E-state index is 0.213. The van der Waals surface area contributed by atoms with Crippen LogP contribution in [0.4, 0.5) is 4.39 Å². The van der Waals surface area contributed by atoms with Crippen molar-refractivity contribution in [3.05, 3.63) is 70.0 Å². The summed E-state index contributed by atoms with van der Waals surface area (Å²) in [5.41, 5.74) is 2.75. The lowest BCUT2D eigenvalue weighted by Crippen LogP contribution is -2.56. The molecule has 0 saturated heterocycles. The summed E-state index contributed by atoms with van der Waals surface area (Å²) in [5.74, 6) is -1.17. The van der Waals surface area contributed by atoms with Crippen molar-refractivity contribution in [3.63, 3.8) is 0 Å². The van der Waals surface area contributed by atoms with Crippen LogP contribution < -0.4 is 5.32 Å². The molecule has 4 nitrogen and oxygen atoms in total. The minimum Gasteiger partial charge on any atom is -0.464 e. The zero-order valence-electron chi connectivity index (χ0n) is 17.2. The van der Waals surface area contributed by atoms with Gasteiger partial charge in [-0.1, -0.05) is 32.0 Å². The highest BCUT2D eigenvalue weighted by Crippen LogP contribution is 2.32. The van der Waals surface area contributed by atoms with Crippen molar-refractivity contribution in [2.24, 2.45) is 0 Å². The van der Waals surface area contributed by atoms with E-state index in [1.165, 1.54) is 12.1 Å². The fourth-order valence-corrected chi connectivity index (χ4v) is 3.48. The van der Waals surface area contributed by atoms with E-state index in [4.69, 9.17) is 4.74 Å². The van der Waals surface area contributed by atoms with Crippen molar-refractivity contribution >= 4 is 11.9 Å². The molecule has 0 radical (unpaired) electrons. The number of carbonyl (C=O) groups excluding carboxylic acids is 2. The number of halogens is 1. The van der Waals surface area contributed by atoms with Gasteiger partial charge in [0.2, 0.25) is 0 Å². The monoisotopic (exact) mass is 385 g/mol. The van der Waals surface area contributed by atoms with Gasteiger partial charge in [-0.05, 0) is 61.2 Å². The first kappa shape index (κ1) is 21.6. The second-order valence-corrected chi connectivity index (χ2v) is 6.77. The summed E-state index contributed by atoms with van der Waals surface area (Å²) in [6.45, 7) is 9.74. The SMILES string of the molecule is CC.CCOC(=O)C1(NC(=O)c2cccc(C)c2C)Cc2ccc(F)cc2C1. The van der Waals surface area contributed by atoms with Gasteiger partial charge >= 0.3 is 5.97 Å². The Kier molecular flexibility index (Phi) is 6.95. The molecule has 0 aliphatic heterocycles. The van der Waals surface area contributed by atoms with E-state index in [1.807, 2.05) is 39.8 Å². The Balaban J connectivity index is 0.00000136. The maximum absolute atomic E-state index is 13.6. The lowest BCUT2D eigenvalue weighted by atomic mass is 9.94. The molecule has 0 spiro atoms. The zero-order chi connectivity index (χ0) is 20.9. The van der Waals surface area contributed by atoms with Crippen LogP contribution in [0.5, 0.6) is 0 Å². The molecule has 28 heavy (non-hydrogen) atoms. The van der Waals surface area contributed by atoms with E-state index in [2.05, 4.69) is 5.32 Å². The number of aryl methyl sites for hydroxylation is 1. The van der Waals surface area contributed by atoms with Gasteiger partial charge < -0.3 is 10.1 Å². The van der Waals surface area contributed by atoms with E-state index < -0.39 is 11.5 Å². The van der Waals surface area contributed by atoms with Crippen molar-refractivity contribution in [1.29, 1.82) is 0 Å². The summed E-state index contributed by atoms with van der Waals surface area (Å²) in [4.78, 5) is 25.6. The van der Waals surface area contributed by atoms with Gasteiger partial charge in [0.05, 0.1) is 6.61 Å². The van der Waals surface area contributed by atoms with Gasteiger partial charge in [-0.25, -0.2) is 9.18 Å². The number of hydrogen-bond acceptors (Lipinski definition) is 3.